The van der Waals surface area contributed by atoms with Crippen LogP contribution in [0.3, 0.4) is 0 Å². The van der Waals surface area contributed by atoms with E-state index in [2.05, 4.69) is 15.9 Å². The number of ether oxygens (including phenoxy) is 1. The van der Waals surface area contributed by atoms with Gasteiger partial charge in [-0.25, -0.2) is 12.8 Å². The smallest absolute Gasteiger partial charge is 0.268 e. The van der Waals surface area contributed by atoms with Crippen LogP contribution in [0, 0.1) is 5.82 Å². The van der Waals surface area contributed by atoms with Crippen molar-refractivity contribution < 1.29 is 39.9 Å². The summed E-state index contributed by atoms with van der Waals surface area (Å²) in [7, 11) is -8.07. The molecule has 2 N–H and O–H groups in total. The number of nitrogens with zero attached hydrogens (tertiary/aromatic N) is 2. The van der Waals surface area contributed by atoms with Crippen molar-refractivity contribution in [3.05, 3.63) is 57.6 Å². The largest absolute Gasteiger partial charge is 0.438 e. The van der Waals surface area contributed by atoms with Crippen molar-refractivity contribution in [1.82, 2.24) is 4.72 Å². The van der Waals surface area contributed by atoms with Gasteiger partial charge in [-0.1, -0.05) is 27.3 Å². The molecule has 37 heavy (non-hydrogen) atoms. The second-order valence-electron chi connectivity index (χ2n) is 8.17. The van der Waals surface area contributed by atoms with Crippen LogP contribution in [0.5, 0.6) is 5.75 Å². The molecule has 0 saturated heterocycles. The fraction of sp³-hybridized carbons (Fsp3) is 0.273. The topological polar surface area (TPSA) is 134 Å². The predicted octanol–water partition coefficient (Wildman–Crippen LogP) is 3.03. The van der Waals surface area contributed by atoms with Crippen molar-refractivity contribution in [3.8, 4) is 5.75 Å². The first-order valence-electron chi connectivity index (χ1n) is 10.9. The first-order valence-corrected chi connectivity index (χ1v) is 15.7. The zero-order valence-electron chi connectivity index (χ0n) is 19.3. The molecule has 0 aliphatic carbocycles. The Kier molecular flexibility index (Phi) is 7.90. The van der Waals surface area contributed by atoms with Gasteiger partial charge in [0, 0.05) is 30.1 Å². The lowest BCUT2D eigenvalue weighted by molar-refractivity contribution is -0.664. The monoisotopic (exact) mass is 634 g/mol. The first kappa shape index (κ1) is 27.4. The maximum absolute atomic E-state index is 14.0. The number of rotatable bonds is 9. The molecule has 15 heteroatoms. The Balaban J connectivity index is 1.74. The third-order valence-electron chi connectivity index (χ3n) is 5.30. The molecule has 1 aliphatic heterocycles. The lowest BCUT2D eigenvalue weighted by atomic mass is 10.2. The second kappa shape index (κ2) is 10.6. The van der Waals surface area contributed by atoms with Crippen LogP contribution in [-0.2, 0) is 31.5 Å². The number of anilines is 1. The number of amides is 1. The van der Waals surface area contributed by atoms with Crippen LogP contribution in [0.1, 0.15) is 18.4 Å². The Bertz CT molecular complexity index is 1620. The van der Waals surface area contributed by atoms with Crippen LogP contribution in [0.15, 0.2) is 46.8 Å². The van der Waals surface area contributed by atoms with Gasteiger partial charge in [-0.3, -0.25) is 14.1 Å². The Hall–Kier alpha value is -2.59. The van der Waals surface area contributed by atoms with E-state index < -0.39 is 37.6 Å². The van der Waals surface area contributed by atoms with Crippen LogP contribution in [-0.4, -0.2) is 45.3 Å². The minimum absolute atomic E-state index is 0.0164. The zero-order valence-corrected chi connectivity index (χ0v) is 23.4. The van der Waals surface area contributed by atoms with E-state index in [0.29, 0.717) is 16.4 Å². The first-order chi connectivity index (χ1) is 17.3. The fourth-order valence-electron chi connectivity index (χ4n) is 3.82. The van der Waals surface area contributed by atoms with Crippen LogP contribution >= 0.6 is 27.3 Å². The fourth-order valence-corrected chi connectivity index (χ4v) is 6.72. The van der Waals surface area contributed by atoms with E-state index in [1.165, 1.54) is 29.5 Å². The van der Waals surface area contributed by atoms with Gasteiger partial charge in [0.1, 0.15) is 16.3 Å². The molecule has 1 amide bonds. The Morgan fingerprint density at radius 1 is 1.22 bits per heavy atom. The summed E-state index contributed by atoms with van der Waals surface area (Å²) in [6, 6.07) is 9.51. The molecule has 0 saturated carbocycles. The van der Waals surface area contributed by atoms with Gasteiger partial charge in [0.15, 0.2) is 12.3 Å². The molecule has 0 fully saturated rings. The third-order valence-corrected chi connectivity index (χ3v) is 9.03. The summed E-state index contributed by atoms with van der Waals surface area (Å²) >= 11 is 4.79. The van der Waals surface area contributed by atoms with Crippen molar-refractivity contribution in [2.45, 2.75) is 19.9 Å². The average Bonchev–Trinajstić information content (AvgIpc) is 3.27. The molecule has 2 aromatic carbocycles. The van der Waals surface area contributed by atoms with Crippen LogP contribution in [0.2, 0.25) is 0 Å². The molecule has 2 heterocycles. The number of sulfonamides is 1. The number of carbonyl (C=O) groups excluding carboxylic acids is 1. The van der Waals surface area contributed by atoms with Crippen LogP contribution in [0.4, 0.5) is 10.1 Å². The van der Waals surface area contributed by atoms with E-state index in [4.69, 9.17) is 9.29 Å². The average molecular weight is 636 g/mol. The Labute approximate surface area is 225 Å². The molecular formula is C22H22BrFN3O7S3+. The molecule has 4 rings (SSSR count). The Morgan fingerprint density at radius 3 is 2.68 bits per heavy atom. The van der Waals surface area contributed by atoms with E-state index in [9.17, 15) is 26.0 Å². The number of hydrogen-bond acceptors (Lipinski definition) is 8. The van der Waals surface area contributed by atoms with Crippen molar-refractivity contribution in [2.24, 2.45) is 0 Å². The van der Waals surface area contributed by atoms with Crippen LogP contribution < -0.4 is 18.9 Å². The number of benzene rings is 2. The number of fused-ring (bicyclic) bond motifs is 2. The van der Waals surface area contributed by atoms with E-state index in [1.54, 1.807) is 15.5 Å². The molecule has 198 valence electrons. The maximum Gasteiger partial charge on any atom is 0.268 e. The summed E-state index contributed by atoms with van der Waals surface area (Å²) in [6.07, 6.45) is 1.71. The number of carbonyl (C=O) groups is 1. The Morgan fingerprint density at radius 2 is 1.97 bits per heavy atom. The van der Waals surface area contributed by atoms with Gasteiger partial charge in [-0.05, 0) is 30.7 Å². The number of aromatic nitrogens is 1. The number of nitrogens with one attached hydrogen (secondary N) is 1. The van der Waals surface area contributed by atoms with E-state index >= 15 is 0 Å². The summed E-state index contributed by atoms with van der Waals surface area (Å²) < 4.78 is 81.5. The number of aryl methyl sites for hydroxylation is 1. The molecule has 10 nitrogen and oxygen atoms in total. The molecule has 1 aliphatic rings. The lowest BCUT2D eigenvalue weighted by Crippen LogP contribution is -2.42. The summed E-state index contributed by atoms with van der Waals surface area (Å²) in [4.78, 5) is 12.9. The van der Waals surface area contributed by atoms with Gasteiger partial charge in [-0.2, -0.15) is 13.0 Å². The maximum atomic E-state index is 14.0. The van der Waals surface area contributed by atoms with Crippen molar-refractivity contribution in [3.63, 3.8) is 0 Å². The summed E-state index contributed by atoms with van der Waals surface area (Å²) in [5, 5.41) is 0.606. The number of hydrogen-bond donors (Lipinski definition) is 2. The molecule has 1 aromatic heterocycles. The summed E-state index contributed by atoms with van der Waals surface area (Å²) in [5.41, 5.74) is 1.13. The van der Waals surface area contributed by atoms with Crippen LogP contribution in [0.25, 0.3) is 16.3 Å². The quantitative estimate of drug-likeness (QED) is 0.271. The van der Waals surface area contributed by atoms with Crippen molar-refractivity contribution in [1.29, 1.82) is 0 Å². The molecular weight excluding hydrogens is 613 g/mol. The van der Waals surface area contributed by atoms with E-state index in [-0.39, 0.29) is 31.1 Å². The minimum Gasteiger partial charge on any atom is -0.438 e. The van der Waals surface area contributed by atoms with E-state index in [0.717, 1.165) is 21.6 Å². The van der Waals surface area contributed by atoms with Crippen molar-refractivity contribution in [2.75, 3.05) is 23.0 Å². The standard InChI is InChI=1S/C22H21BrFN3O7S3/c1-14(28)25-36(29,30)10-8-27-18-11-15(23)3-6-20(18)35-22(27)13-21-26(7-2-9-37(31,32)33)17-12-16(24)4-5-19(17)34-21/h3-6,11-13H,2,7-10H2,1H3,(H-,25,28,31,32,33)/p+1. The molecule has 0 unspecified atom stereocenters. The van der Waals surface area contributed by atoms with Gasteiger partial charge in [-0.15, -0.1) is 0 Å². The second-order valence-corrected chi connectivity index (χ2v) is 13.6. The SMILES string of the molecule is CC(=O)NS(=O)(=O)CC[n+]1c(C=C2Oc3ccc(F)cc3N2CCCS(=O)(=O)O)sc2ccc(Br)cc21. The molecule has 3 aromatic rings. The lowest BCUT2D eigenvalue weighted by Gasteiger charge is -2.17. The van der Waals surface area contributed by atoms with E-state index in [1.807, 2.05) is 22.9 Å². The van der Waals surface area contributed by atoms with Crippen molar-refractivity contribution >= 4 is 75.3 Å². The highest BCUT2D eigenvalue weighted by Crippen LogP contribution is 2.40. The minimum atomic E-state index is -4.19. The highest BCUT2D eigenvalue weighted by Gasteiger charge is 2.30. The zero-order chi connectivity index (χ0) is 27.0. The predicted molar refractivity (Wildman–Crippen MR) is 141 cm³/mol. The molecule has 0 atom stereocenters. The number of halogens is 2. The van der Waals surface area contributed by atoms with Gasteiger partial charge < -0.3 is 9.64 Å². The normalized spacial score (nSPS) is 14.7. The summed E-state index contributed by atoms with van der Waals surface area (Å²) in [6.45, 7) is 1.24. The molecule has 0 spiro atoms. The van der Waals surface area contributed by atoms with Gasteiger partial charge >= 0.3 is 0 Å². The highest BCUT2D eigenvalue weighted by atomic mass is 79.9. The third kappa shape index (κ3) is 6.84. The number of thiazole rings is 1. The molecule has 0 radical (unpaired) electrons. The van der Waals surface area contributed by atoms with Gasteiger partial charge in [0.25, 0.3) is 15.1 Å². The highest BCUT2D eigenvalue weighted by molar-refractivity contribution is 9.10. The molecule has 0 bridgehead atoms. The summed E-state index contributed by atoms with van der Waals surface area (Å²) in [5.74, 6) is -1.40. The van der Waals surface area contributed by atoms with Gasteiger partial charge in [0.05, 0.1) is 17.5 Å². The van der Waals surface area contributed by atoms with Gasteiger partial charge in [0.2, 0.25) is 27.3 Å².